The van der Waals surface area contributed by atoms with Crippen LogP contribution in [0.3, 0.4) is 0 Å². The van der Waals surface area contributed by atoms with Crippen molar-refractivity contribution in [3.63, 3.8) is 0 Å². The second-order valence-electron chi connectivity index (χ2n) is 11.2. The van der Waals surface area contributed by atoms with E-state index in [0.717, 1.165) is 16.5 Å². The van der Waals surface area contributed by atoms with E-state index in [9.17, 15) is 19.2 Å². The largest absolute Gasteiger partial charge is 0.469 e. The van der Waals surface area contributed by atoms with Crippen molar-refractivity contribution in [1.82, 2.24) is 14.8 Å². The van der Waals surface area contributed by atoms with Gasteiger partial charge in [-0.05, 0) is 55.9 Å². The molecule has 1 atom stereocenters. The zero-order chi connectivity index (χ0) is 30.9. The summed E-state index contributed by atoms with van der Waals surface area (Å²) in [5.41, 5.74) is 1.08. The third-order valence-corrected chi connectivity index (χ3v) is 8.77. The number of Topliss-reactive ketones (excluding diaryl/α,β-unsaturated/α-hetero) is 1. The summed E-state index contributed by atoms with van der Waals surface area (Å²) in [6.45, 7) is 0.0357. The van der Waals surface area contributed by atoms with E-state index in [2.05, 4.69) is 10.6 Å². The molecule has 228 valence electrons. The number of ether oxygens (including phenoxy) is 1. The average molecular weight is 615 g/mol. The number of para-hydroxylation sites is 1. The number of nitrogens with one attached hydrogen (secondary N) is 2. The molecule has 2 heterocycles. The predicted octanol–water partition coefficient (Wildman–Crippen LogP) is 5.54. The molecule has 43 heavy (non-hydrogen) atoms. The van der Waals surface area contributed by atoms with Crippen molar-refractivity contribution in [2.75, 3.05) is 19.0 Å². The van der Waals surface area contributed by atoms with E-state index in [4.69, 9.17) is 16.3 Å². The van der Waals surface area contributed by atoms with Gasteiger partial charge in [-0.1, -0.05) is 29.8 Å². The summed E-state index contributed by atoms with van der Waals surface area (Å²) in [4.78, 5) is 51.9. The molecular weight excluding hydrogens is 582 g/mol. The predicted molar refractivity (Wildman–Crippen MR) is 157 cm³/mol. The second-order valence-corrected chi connectivity index (χ2v) is 11.6. The minimum atomic E-state index is -2.60. The molecule has 1 aliphatic heterocycles. The fourth-order valence-electron chi connectivity index (χ4n) is 6.07. The van der Waals surface area contributed by atoms with E-state index in [1.54, 1.807) is 16.8 Å². The molecule has 0 spiro atoms. The number of hydrogen-bond acceptors (Lipinski definition) is 5. The van der Waals surface area contributed by atoms with Gasteiger partial charge in [0.1, 0.15) is 5.82 Å². The van der Waals surface area contributed by atoms with Crippen LogP contribution in [-0.2, 0) is 27.8 Å². The summed E-state index contributed by atoms with van der Waals surface area (Å²) in [5.74, 6) is -5.41. The topological polar surface area (TPSA) is 110 Å². The van der Waals surface area contributed by atoms with Gasteiger partial charge < -0.3 is 19.9 Å². The first kappa shape index (κ1) is 30.5. The Bertz CT molecular complexity index is 1590. The van der Waals surface area contributed by atoms with Gasteiger partial charge in [0.05, 0.1) is 29.3 Å². The summed E-state index contributed by atoms with van der Waals surface area (Å²) in [5, 5.41) is 6.11. The lowest BCUT2D eigenvalue weighted by molar-refractivity contribution is -0.146. The van der Waals surface area contributed by atoms with Crippen LogP contribution < -0.4 is 10.6 Å². The van der Waals surface area contributed by atoms with Crippen molar-refractivity contribution in [1.29, 1.82) is 0 Å². The third kappa shape index (κ3) is 6.08. The number of carbonyl (C=O) groups excluding carboxylic acids is 4. The van der Waals surface area contributed by atoms with Crippen LogP contribution in [0.5, 0.6) is 0 Å². The maximum absolute atomic E-state index is 16.1. The highest BCUT2D eigenvalue weighted by Gasteiger charge is 2.50. The summed E-state index contributed by atoms with van der Waals surface area (Å²) in [6.07, 6.45) is 3.23. The molecule has 2 N–H and O–H groups in total. The van der Waals surface area contributed by atoms with Crippen molar-refractivity contribution in [3.8, 4) is 0 Å². The Morgan fingerprint density at radius 1 is 1.12 bits per heavy atom. The lowest BCUT2D eigenvalue weighted by atomic mass is 9.86. The number of fused-ring (bicyclic) bond motifs is 1. The smallest absolute Gasteiger partial charge is 0.320 e. The van der Waals surface area contributed by atoms with Gasteiger partial charge in [0.15, 0.2) is 5.78 Å². The van der Waals surface area contributed by atoms with Crippen LogP contribution in [0.2, 0.25) is 5.02 Å². The standard InChI is InChI=1S/C31H33ClF2N4O5/c1-37-17-22(21-6-3-4-7-26(21)37)28(40)36-25-16-24(33)19(14-23(25)32)15-27(39)31(34)12-5-13-38(31)30(42)35-20-10-8-18(9-11-20)29(41)43-2/h3-4,6-7,14,16-18,20H,5,8-13,15H2,1-2H3,(H,35,42)(H,36,40). The molecule has 3 aromatic rings. The van der Waals surface area contributed by atoms with Crippen LogP contribution >= 0.6 is 11.6 Å². The van der Waals surface area contributed by atoms with Crippen molar-refractivity contribution >= 4 is 51.9 Å². The zero-order valence-corrected chi connectivity index (χ0v) is 24.7. The molecule has 1 aliphatic carbocycles. The van der Waals surface area contributed by atoms with Gasteiger partial charge >= 0.3 is 12.0 Å². The van der Waals surface area contributed by atoms with Crippen molar-refractivity contribution in [2.45, 2.75) is 56.8 Å². The number of benzene rings is 2. The van der Waals surface area contributed by atoms with E-state index in [-0.39, 0.29) is 53.6 Å². The van der Waals surface area contributed by atoms with Gasteiger partial charge in [0, 0.05) is 49.6 Å². The molecule has 0 radical (unpaired) electrons. The molecule has 1 saturated carbocycles. The van der Waals surface area contributed by atoms with E-state index in [1.165, 1.54) is 13.2 Å². The maximum Gasteiger partial charge on any atom is 0.320 e. The minimum absolute atomic E-state index is 0.00653. The fraction of sp³-hybridized carbons (Fsp3) is 0.419. The number of aryl methyl sites for hydroxylation is 1. The van der Waals surface area contributed by atoms with Gasteiger partial charge in [0.2, 0.25) is 5.79 Å². The molecule has 1 saturated heterocycles. The van der Waals surface area contributed by atoms with Crippen LogP contribution in [0, 0.1) is 11.7 Å². The number of halogens is 3. The first-order valence-electron chi connectivity index (χ1n) is 14.2. The first-order valence-corrected chi connectivity index (χ1v) is 14.6. The Hall–Kier alpha value is -3.99. The lowest BCUT2D eigenvalue weighted by Gasteiger charge is -2.33. The van der Waals surface area contributed by atoms with E-state index >= 15 is 8.78 Å². The summed E-state index contributed by atoms with van der Waals surface area (Å²) >= 11 is 6.37. The quantitative estimate of drug-likeness (QED) is 0.268. The van der Waals surface area contributed by atoms with Gasteiger partial charge in [-0.2, -0.15) is 0 Å². The van der Waals surface area contributed by atoms with Crippen LogP contribution in [0.25, 0.3) is 10.9 Å². The zero-order valence-electron chi connectivity index (χ0n) is 23.9. The molecule has 1 unspecified atom stereocenters. The average Bonchev–Trinajstić information content (AvgIpc) is 3.56. The Kier molecular flexibility index (Phi) is 8.73. The number of nitrogens with zero attached hydrogens (tertiary/aromatic N) is 2. The van der Waals surface area contributed by atoms with Gasteiger partial charge in [-0.25, -0.2) is 13.6 Å². The van der Waals surface area contributed by atoms with Gasteiger partial charge in [-0.15, -0.1) is 0 Å². The normalized spacial score (nSPS) is 21.9. The molecule has 3 amide bonds. The van der Waals surface area contributed by atoms with Crippen molar-refractivity contribution in [3.05, 3.63) is 64.6 Å². The van der Waals surface area contributed by atoms with E-state index in [1.807, 2.05) is 25.2 Å². The summed E-state index contributed by atoms with van der Waals surface area (Å²) in [6, 6.07) is 8.56. The Balaban J connectivity index is 1.24. The number of carbonyl (C=O) groups is 4. The van der Waals surface area contributed by atoms with Crippen LogP contribution in [0.4, 0.5) is 19.3 Å². The van der Waals surface area contributed by atoms with Crippen molar-refractivity contribution in [2.24, 2.45) is 13.0 Å². The Labute approximate surface area is 252 Å². The number of anilines is 1. The number of urea groups is 1. The monoisotopic (exact) mass is 614 g/mol. The molecule has 9 nitrogen and oxygen atoms in total. The molecule has 1 aromatic heterocycles. The maximum atomic E-state index is 16.1. The number of alkyl halides is 1. The summed E-state index contributed by atoms with van der Waals surface area (Å²) < 4.78 is 37.9. The van der Waals surface area contributed by atoms with Crippen LogP contribution in [-0.4, -0.2) is 58.6 Å². The number of likely N-dealkylation sites (tertiary alicyclic amines) is 1. The first-order chi connectivity index (χ1) is 20.5. The number of hydrogen-bond donors (Lipinski definition) is 2. The molecule has 2 fully saturated rings. The number of amides is 3. The highest BCUT2D eigenvalue weighted by atomic mass is 35.5. The Morgan fingerprint density at radius 3 is 2.56 bits per heavy atom. The number of ketones is 1. The van der Waals surface area contributed by atoms with E-state index in [0.29, 0.717) is 36.6 Å². The third-order valence-electron chi connectivity index (χ3n) is 8.46. The van der Waals surface area contributed by atoms with Crippen LogP contribution in [0.1, 0.15) is 54.4 Å². The summed E-state index contributed by atoms with van der Waals surface area (Å²) in [7, 11) is 3.14. The molecule has 5 rings (SSSR count). The number of rotatable bonds is 7. The molecule has 2 aromatic carbocycles. The van der Waals surface area contributed by atoms with Crippen LogP contribution in [0.15, 0.2) is 42.6 Å². The second kappa shape index (κ2) is 12.3. The number of esters is 1. The van der Waals surface area contributed by atoms with Crippen molar-refractivity contribution < 1.29 is 32.7 Å². The highest BCUT2D eigenvalue weighted by molar-refractivity contribution is 6.34. The lowest BCUT2D eigenvalue weighted by Crippen LogP contribution is -2.55. The highest BCUT2D eigenvalue weighted by Crippen LogP contribution is 2.35. The minimum Gasteiger partial charge on any atom is -0.469 e. The number of aromatic nitrogens is 1. The van der Waals surface area contributed by atoms with E-state index < -0.39 is 35.8 Å². The van der Waals surface area contributed by atoms with Gasteiger partial charge in [-0.3, -0.25) is 19.3 Å². The molecule has 0 bridgehead atoms. The number of methoxy groups -OCH3 is 1. The Morgan fingerprint density at radius 2 is 1.84 bits per heavy atom. The SMILES string of the molecule is COC(=O)C1CCC(NC(=O)N2CCCC2(F)C(=O)Cc2cc(Cl)c(NC(=O)c3cn(C)c4ccccc34)cc2F)CC1. The molecule has 2 aliphatic rings. The van der Waals surface area contributed by atoms with Gasteiger partial charge in [0.25, 0.3) is 5.91 Å². The molecule has 12 heteroatoms. The molecular formula is C31H33ClF2N4O5. The fourth-order valence-corrected chi connectivity index (χ4v) is 6.30.